The van der Waals surface area contributed by atoms with Crippen molar-refractivity contribution in [3.8, 4) is 45.2 Å². The Morgan fingerprint density at radius 1 is 0.943 bits per heavy atom. The SMILES string of the molecule is N#Cc1c(N=Cc2cn(-c3ccccc3)nc2-c2cccs2)oc(-c2ccco2)c1-c1ccco1. The monoisotopic (exact) mass is 476 g/mol. The third-order valence-corrected chi connectivity index (χ3v) is 6.23. The number of hydrogen-bond donors (Lipinski definition) is 0. The van der Waals surface area contributed by atoms with Gasteiger partial charge in [-0.2, -0.15) is 10.4 Å². The van der Waals surface area contributed by atoms with Crippen LogP contribution in [0.25, 0.3) is 39.1 Å². The van der Waals surface area contributed by atoms with E-state index in [0.29, 0.717) is 22.8 Å². The number of nitriles is 1. The van der Waals surface area contributed by atoms with E-state index in [2.05, 4.69) is 11.1 Å². The summed E-state index contributed by atoms with van der Waals surface area (Å²) in [6.07, 6.45) is 6.66. The normalized spacial score (nSPS) is 11.3. The molecule has 8 heteroatoms. The molecule has 0 bridgehead atoms. The first-order chi connectivity index (χ1) is 17.3. The fourth-order valence-electron chi connectivity index (χ4n) is 3.78. The van der Waals surface area contributed by atoms with Crippen LogP contribution in [0.2, 0.25) is 0 Å². The lowest BCUT2D eigenvalue weighted by Crippen LogP contribution is -1.93. The first kappa shape index (κ1) is 20.7. The van der Waals surface area contributed by atoms with Gasteiger partial charge in [-0.1, -0.05) is 24.3 Å². The second kappa shape index (κ2) is 8.82. The second-order valence-electron chi connectivity index (χ2n) is 7.50. The summed E-state index contributed by atoms with van der Waals surface area (Å²) in [5.74, 6) is 1.52. The fourth-order valence-corrected chi connectivity index (χ4v) is 4.51. The Balaban J connectivity index is 1.48. The molecule has 0 fully saturated rings. The van der Waals surface area contributed by atoms with Gasteiger partial charge in [-0.3, -0.25) is 0 Å². The molecule has 5 aromatic heterocycles. The molecule has 5 heterocycles. The molecule has 0 aliphatic rings. The molecular formula is C27H16N4O3S. The number of furan rings is 3. The third-order valence-electron chi connectivity index (χ3n) is 5.35. The minimum Gasteiger partial charge on any atom is -0.464 e. The molecule has 0 unspecified atom stereocenters. The predicted octanol–water partition coefficient (Wildman–Crippen LogP) is 7.34. The number of rotatable bonds is 6. The summed E-state index contributed by atoms with van der Waals surface area (Å²) in [5, 5.41) is 16.8. The molecule has 0 amide bonds. The molecule has 0 saturated carbocycles. The van der Waals surface area contributed by atoms with Crippen LogP contribution in [0.4, 0.5) is 5.88 Å². The Labute approximate surface area is 203 Å². The van der Waals surface area contributed by atoms with Gasteiger partial charge in [0.15, 0.2) is 11.5 Å². The van der Waals surface area contributed by atoms with Crippen LogP contribution in [0.5, 0.6) is 0 Å². The zero-order valence-electron chi connectivity index (χ0n) is 18.2. The molecule has 6 rings (SSSR count). The van der Waals surface area contributed by atoms with Crippen molar-refractivity contribution in [3.05, 3.63) is 102 Å². The topological polar surface area (TPSA) is 93.4 Å². The largest absolute Gasteiger partial charge is 0.464 e. The van der Waals surface area contributed by atoms with E-state index in [1.54, 1.807) is 54.3 Å². The van der Waals surface area contributed by atoms with Gasteiger partial charge < -0.3 is 13.3 Å². The van der Waals surface area contributed by atoms with Gasteiger partial charge in [0.2, 0.25) is 5.88 Å². The number of nitrogens with zero attached hydrogens (tertiary/aromatic N) is 4. The van der Waals surface area contributed by atoms with Crippen molar-refractivity contribution in [2.45, 2.75) is 0 Å². The molecule has 35 heavy (non-hydrogen) atoms. The number of hydrogen-bond acceptors (Lipinski definition) is 7. The molecule has 0 aliphatic carbocycles. The molecule has 1 aromatic carbocycles. The minimum atomic E-state index is 0.162. The molecule has 0 spiro atoms. The van der Waals surface area contributed by atoms with Gasteiger partial charge >= 0.3 is 0 Å². The first-order valence-corrected chi connectivity index (χ1v) is 11.6. The van der Waals surface area contributed by atoms with Crippen molar-refractivity contribution in [1.29, 1.82) is 5.26 Å². The van der Waals surface area contributed by atoms with E-state index >= 15 is 0 Å². The molecule has 168 valence electrons. The molecule has 0 N–H and O–H groups in total. The molecule has 0 atom stereocenters. The lowest BCUT2D eigenvalue weighted by atomic mass is 10.1. The van der Waals surface area contributed by atoms with E-state index in [0.717, 1.165) is 21.8 Å². The summed E-state index contributed by atoms with van der Waals surface area (Å²) in [6.45, 7) is 0. The molecule has 0 radical (unpaired) electrons. The predicted molar refractivity (Wildman–Crippen MR) is 133 cm³/mol. The summed E-state index contributed by atoms with van der Waals surface area (Å²) in [4.78, 5) is 5.59. The zero-order valence-corrected chi connectivity index (χ0v) is 19.0. The first-order valence-electron chi connectivity index (χ1n) is 10.7. The van der Waals surface area contributed by atoms with Crippen LogP contribution in [-0.4, -0.2) is 16.0 Å². The van der Waals surface area contributed by atoms with Crippen molar-refractivity contribution in [3.63, 3.8) is 0 Å². The van der Waals surface area contributed by atoms with E-state index in [-0.39, 0.29) is 11.4 Å². The van der Waals surface area contributed by atoms with Gasteiger partial charge in [-0.25, -0.2) is 9.67 Å². The summed E-state index contributed by atoms with van der Waals surface area (Å²) in [5.41, 5.74) is 3.26. The standard InChI is InChI=1S/C27H16N4O3S/c28-15-20-24(21-9-4-12-32-21)26(22-10-5-13-33-22)34-27(20)29-16-18-17-31(19-7-2-1-3-8-19)30-25(18)23-11-6-14-35-23/h1-14,16-17H. The van der Waals surface area contributed by atoms with Gasteiger partial charge in [0.05, 0.1) is 28.7 Å². The molecule has 6 aromatic rings. The van der Waals surface area contributed by atoms with Gasteiger partial charge in [-0.15, -0.1) is 11.3 Å². The van der Waals surface area contributed by atoms with Crippen molar-refractivity contribution >= 4 is 23.4 Å². The average molecular weight is 477 g/mol. The number of thiophene rings is 1. The second-order valence-corrected chi connectivity index (χ2v) is 8.45. The van der Waals surface area contributed by atoms with Crippen molar-refractivity contribution in [2.24, 2.45) is 4.99 Å². The van der Waals surface area contributed by atoms with Crippen LogP contribution in [0.15, 0.2) is 109 Å². The highest BCUT2D eigenvalue weighted by Gasteiger charge is 2.26. The Hall–Kier alpha value is -4.87. The number of aliphatic imine (C=N–C) groups is 1. The lowest BCUT2D eigenvalue weighted by molar-refractivity contribution is 0.527. The number of para-hydroxylation sites is 1. The highest BCUT2D eigenvalue weighted by molar-refractivity contribution is 7.13. The zero-order chi connectivity index (χ0) is 23.6. The van der Waals surface area contributed by atoms with E-state index in [1.165, 1.54) is 0 Å². The van der Waals surface area contributed by atoms with E-state index in [1.807, 2.05) is 58.7 Å². The molecule has 7 nitrogen and oxygen atoms in total. The molecule has 0 saturated heterocycles. The summed E-state index contributed by atoms with van der Waals surface area (Å²) < 4.78 is 19.0. The van der Waals surface area contributed by atoms with Gasteiger partial charge in [0.1, 0.15) is 23.1 Å². The third kappa shape index (κ3) is 3.80. The molecular weight excluding hydrogens is 460 g/mol. The summed E-state index contributed by atoms with van der Waals surface area (Å²) in [6, 6.07) is 23.1. The fraction of sp³-hybridized carbons (Fsp3) is 0. The van der Waals surface area contributed by atoms with Crippen molar-refractivity contribution in [1.82, 2.24) is 9.78 Å². The van der Waals surface area contributed by atoms with E-state index < -0.39 is 0 Å². The van der Waals surface area contributed by atoms with Gasteiger partial charge in [-0.05, 0) is 47.8 Å². The highest BCUT2D eigenvalue weighted by atomic mass is 32.1. The Morgan fingerprint density at radius 2 is 1.74 bits per heavy atom. The molecule has 0 aliphatic heterocycles. The maximum absolute atomic E-state index is 9.99. The summed E-state index contributed by atoms with van der Waals surface area (Å²) in [7, 11) is 0. The lowest BCUT2D eigenvalue weighted by Gasteiger charge is -1.98. The number of aromatic nitrogens is 2. The maximum atomic E-state index is 9.99. The minimum absolute atomic E-state index is 0.162. The van der Waals surface area contributed by atoms with Crippen LogP contribution in [0, 0.1) is 11.3 Å². The van der Waals surface area contributed by atoms with E-state index in [9.17, 15) is 5.26 Å². The smallest absolute Gasteiger partial charge is 0.238 e. The van der Waals surface area contributed by atoms with Crippen LogP contribution in [0.3, 0.4) is 0 Å². The van der Waals surface area contributed by atoms with Crippen LogP contribution in [-0.2, 0) is 0 Å². The Kier molecular flexibility index (Phi) is 5.22. The van der Waals surface area contributed by atoms with Crippen molar-refractivity contribution < 1.29 is 13.3 Å². The van der Waals surface area contributed by atoms with Crippen LogP contribution >= 0.6 is 11.3 Å². The van der Waals surface area contributed by atoms with Crippen LogP contribution < -0.4 is 0 Å². The Morgan fingerprint density at radius 3 is 2.43 bits per heavy atom. The quantitative estimate of drug-likeness (QED) is 0.235. The van der Waals surface area contributed by atoms with Gasteiger partial charge in [0, 0.05) is 18.0 Å². The van der Waals surface area contributed by atoms with E-state index in [4.69, 9.17) is 18.4 Å². The highest BCUT2D eigenvalue weighted by Crippen LogP contribution is 2.43. The maximum Gasteiger partial charge on any atom is 0.238 e. The summed E-state index contributed by atoms with van der Waals surface area (Å²) >= 11 is 1.59. The average Bonchev–Trinajstić information content (AvgIpc) is 3.72. The number of benzene rings is 1. The van der Waals surface area contributed by atoms with Gasteiger partial charge in [0.25, 0.3) is 0 Å². The van der Waals surface area contributed by atoms with Crippen molar-refractivity contribution in [2.75, 3.05) is 0 Å². The Bertz CT molecular complexity index is 1630. The van der Waals surface area contributed by atoms with Crippen LogP contribution in [0.1, 0.15) is 11.1 Å².